The van der Waals surface area contributed by atoms with E-state index in [0.717, 1.165) is 0 Å². The molecule has 0 aromatic carbocycles. The van der Waals surface area contributed by atoms with Crippen LogP contribution in [0.15, 0.2) is 0 Å². The average Bonchev–Trinajstić information content (AvgIpc) is 2.27. The molecule has 15 heavy (non-hydrogen) atoms. The first-order chi connectivity index (χ1) is 6.99. The van der Waals surface area contributed by atoms with E-state index in [4.69, 9.17) is 5.73 Å². The fourth-order valence-electron chi connectivity index (χ4n) is 0.264. The van der Waals surface area contributed by atoms with E-state index in [1.54, 1.807) is 0 Å². The van der Waals surface area contributed by atoms with Gasteiger partial charge in [0, 0.05) is 5.75 Å². The predicted molar refractivity (Wildman–Crippen MR) is 64.3 cm³/mol. The van der Waals surface area contributed by atoms with E-state index in [1.807, 2.05) is 0 Å². The number of carbonyl (C=O) groups is 1. The van der Waals surface area contributed by atoms with Gasteiger partial charge < -0.3 is 9.92 Å². The van der Waals surface area contributed by atoms with Crippen molar-refractivity contribution in [1.82, 2.24) is 0 Å². The quantitative estimate of drug-likeness (QED) is 0.316. The summed E-state index contributed by atoms with van der Waals surface area (Å²) < 4.78 is 27.9. The average molecular weight is 313 g/mol. The summed E-state index contributed by atoms with van der Waals surface area (Å²) in [6.45, 7) is 0. The normalized spacial score (nSPS) is 13.6. The van der Waals surface area contributed by atoms with Gasteiger partial charge >= 0.3 is 13.8 Å². The summed E-state index contributed by atoms with van der Waals surface area (Å²) in [7, 11) is -3.92. The van der Waals surface area contributed by atoms with E-state index in [1.165, 1.54) is 0 Å². The minimum atomic E-state index is -3.92. The Hall–Kier alpha value is 0.940. The molecule has 0 aromatic heterocycles. The van der Waals surface area contributed by atoms with Gasteiger partial charge in [-0.25, -0.2) is 17.3 Å². The van der Waals surface area contributed by atoms with Crippen molar-refractivity contribution < 1.29 is 25.5 Å². The molecule has 1 unspecified atom stereocenters. The summed E-state index contributed by atoms with van der Waals surface area (Å²) in [5.41, 5.74) is 5.25. The third kappa shape index (κ3) is 6.29. The molecule has 7 nitrogen and oxygen atoms in total. The molecule has 90 valence electrons. The van der Waals surface area contributed by atoms with Crippen LogP contribution in [0.4, 0.5) is 0 Å². The fraction of sp³-hybridized carbons (Fsp3) is 0.667. The lowest BCUT2D eigenvalue weighted by Crippen LogP contribution is -2.32. The molecular formula is C3H8NO6PS4. The first-order valence-corrected chi connectivity index (χ1v) is 6.67. The van der Waals surface area contributed by atoms with Crippen molar-refractivity contribution in [3.8, 4) is 0 Å². The summed E-state index contributed by atoms with van der Waals surface area (Å²) in [6, 6.07) is -0.905. The van der Waals surface area contributed by atoms with E-state index < -0.39 is 19.8 Å². The first kappa shape index (κ1) is 15.9. The van der Waals surface area contributed by atoms with E-state index >= 15 is 0 Å². The number of hydrogen-bond acceptors (Lipinski definition) is 11. The van der Waals surface area contributed by atoms with E-state index in [9.17, 15) is 9.36 Å². The Morgan fingerprint density at radius 3 is 2.40 bits per heavy atom. The van der Waals surface area contributed by atoms with Crippen molar-refractivity contribution in [2.24, 2.45) is 5.73 Å². The first-order valence-electron chi connectivity index (χ1n) is 3.18. The van der Waals surface area contributed by atoms with E-state index in [0.29, 0.717) is 0 Å². The van der Waals surface area contributed by atoms with Gasteiger partial charge in [-0.05, 0) is 25.8 Å². The fourth-order valence-corrected chi connectivity index (χ4v) is 2.12. The lowest BCUT2D eigenvalue weighted by molar-refractivity contribution is -0.134. The monoisotopic (exact) mass is 313 g/mol. The van der Waals surface area contributed by atoms with Crippen molar-refractivity contribution in [3.63, 3.8) is 0 Å². The molecule has 0 saturated heterocycles. The second-order valence-corrected chi connectivity index (χ2v) is 5.41. The van der Waals surface area contributed by atoms with Crippen LogP contribution in [-0.4, -0.2) is 17.8 Å². The lowest BCUT2D eigenvalue weighted by atomic mass is 10.4. The molecule has 0 aromatic rings. The number of phosphoric acid groups is 1. The molecular weight excluding hydrogens is 305 g/mol. The molecule has 0 fully saturated rings. The largest absolute Gasteiger partial charge is 0.510 e. The van der Waals surface area contributed by atoms with Gasteiger partial charge in [-0.3, -0.25) is 0 Å². The summed E-state index contributed by atoms with van der Waals surface area (Å²) in [5, 5.41) is 0. The molecule has 0 radical (unpaired) electrons. The Labute approximate surface area is 107 Å². The van der Waals surface area contributed by atoms with Gasteiger partial charge in [0.05, 0.1) is 0 Å². The van der Waals surface area contributed by atoms with Crippen LogP contribution < -0.4 is 5.73 Å². The number of carbonyl (C=O) groups excluding carboxylic acids is 1. The van der Waals surface area contributed by atoms with Crippen LogP contribution >= 0.6 is 58.6 Å². The van der Waals surface area contributed by atoms with Gasteiger partial charge in [0.2, 0.25) is 12.3 Å². The minimum Gasteiger partial charge on any atom is -0.362 e. The highest BCUT2D eigenvalue weighted by Crippen LogP contribution is 2.54. The maximum absolute atomic E-state index is 11.1. The van der Waals surface area contributed by atoms with Crippen LogP contribution in [0.5, 0.6) is 0 Å². The summed E-state index contributed by atoms with van der Waals surface area (Å²) in [4.78, 5) is 10.9. The van der Waals surface area contributed by atoms with Crippen LogP contribution in [0.1, 0.15) is 0 Å². The molecule has 2 N–H and O–H groups in total. The van der Waals surface area contributed by atoms with Gasteiger partial charge in [0.1, 0.15) is 6.04 Å². The lowest BCUT2D eigenvalue weighted by Gasteiger charge is -2.10. The molecule has 0 aliphatic carbocycles. The topological polar surface area (TPSA) is 97.1 Å². The van der Waals surface area contributed by atoms with E-state index in [2.05, 4.69) is 54.5 Å². The Balaban J connectivity index is 3.89. The van der Waals surface area contributed by atoms with Crippen molar-refractivity contribution in [2.75, 3.05) is 5.75 Å². The minimum absolute atomic E-state index is 0.0868. The van der Waals surface area contributed by atoms with Crippen molar-refractivity contribution in [2.45, 2.75) is 6.04 Å². The van der Waals surface area contributed by atoms with Crippen LogP contribution in [0.3, 0.4) is 0 Å². The number of rotatable bonds is 7. The smallest absolute Gasteiger partial charge is 0.362 e. The Morgan fingerprint density at radius 1 is 1.47 bits per heavy atom. The molecule has 0 aliphatic heterocycles. The summed E-state index contributed by atoms with van der Waals surface area (Å²) in [5.74, 6) is -0.691. The third-order valence-corrected chi connectivity index (χ3v) is 4.14. The number of thiol groups is 3. The molecule has 0 amide bonds. The zero-order valence-electron chi connectivity index (χ0n) is 7.01. The van der Waals surface area contributed by atoms with Crippen LogP contribution in [0, 0.1) is 0 Å². The predicted octanol–water partition coefficient (Wildman–Crippen LogP) is 1.20. The van der Waals surface area contributed by atoms with Crippen LogP contribution in [0.25, 0.3) is 0 Å². The van der Waals surface area contributed by atoms with Gasteiger partial charge in [-0.1, -0.05) is 0 Å². The summed E-state index contributed by atoms with van der Waals surface area (Å²) in [6.07, 6.45) is 0. The molecule has 0 aliphatic rings. The standard InChI is InChI=1S/C3H8NO6PS4/c4-2(1-12)3(5)7-15-10-11(6,8-13)9-14/h2,12-14H,1,4H2. The molecule has 0 saturated carbocycles. The van der Waals surface area contributed by atoms with Gasteiger partial charge in [0.15, 0.2) is 0 Å². The Morgan fingerprint density at radius 2 is 2.00 bits per heavy atom. The highest BCUT2D eigenvalue weighted by atomic mass is 32.2. The second-order valence-electron chi connectivity index (χ2n) is 1.94. The van der Waals surface area contributed by atoms with Crippen molar-refractivity contribution >= 4 is 64.6 Å². The van der Waals surface area contributed by atoms with Crippen LogP contribution in [0.2, 0.25) is 0 Å². The molecule has 0 heterocycles. The Kier molecular flexibility index (Phi) is 8.60. The number of hydrogen-bond donors (Lipinski definition) is 4. The molecule has 0 rings (SSSR count). The molecule has 1 atom stereocenters. The highest BCUT2D eigenvalue weighted by molar-refractivity contribution is 7.96. The maximum Gasteiger partial charge on any atom is 0.510 e. The highest BCUT2D eigenvalue weighted by Gasteiger charge is 2.28. The van der Waals surface area contributed by atoms with Crippen LogP contribution in [-0.2, 0) is 25.5 Å². The Bertz CT molecular complexity index is 245. The number of nitrogens with two attached hydrogens (primary N) is 1. The SMILES string of the molecule is NC(CS)C(=O)OSOP(=O)(OS)OS. The van der Waals surface area contributed by atoms with Gasteiger partial charge in [-0.15, -0.1) is 0 Å². The third-order valence-electron chi connectivity index (χ3n) is 0.937. The summed E-state index contributed by atoms with van der Waals surface area (Å²) >= 11 is 10.3. The van der Waals surface area contributed by atoms with Crippen molar-refractivity contribution in [1.29, 1.82) is 0 Å². The zero-order valence-corrected chi connectivity index (χ0v) is 11.4. The molecule has 0 bridgehead atoms. The van der Waals surface area contributed by atoms with Gasteiger partial charge in [-0.2, -0.15) is 16.6 Å². The van der Waals surface area contributed by atoms with E-state index in [-0.39, 0.29) is 18.1 Å². The van der Waals surface area contributed by atoms with Gasteiger partial charge in [0.25, 0.3) is 0 Å². The molecule has 12 heteroatoms. The molecule has 0 spiro atoms. The second kappa shape index (κ2) is 8.09. The van der Waals surface area contributed by atoms with Crippen molar-refractivity contribution in [3.05, 3.63) is 0 Å². The zero-order chi connectivity index (χ0) is 11.9. The maximum atomic E-state index is 11.1.